The average molecular weight is 260 g/mol. The van der Waals surface area contributed by atoms with Crippen molar-refractivity contribution in [2.45, 2.75) is 52.1 Å². The van der Waals surface area contributed by atoms with Gasteiger partial charge in [-0.2, -0.15) is 0 Å². The standard InChI is InChI=1S/C16H24N2O/c1-12(2)17-11-13-7-9-15(10-8-13)18-16(19)14-5-3-4-6-14/h7-10,12,14,17H,3-6,11H2,1-2H3,(H,18,19). The number of anilines is 1. The molecule has 19 heavy (non-hydrogen) atoms. The Morgan fingerprint density at radius 1 is 1.21 bits per heavy atom. The fourth-order valence-corrected chi connectivity index (χ4v) is 2.46. The Bertz CT molecular complexity index is 405. The minimum Gasteiger partial charge on any atom is -0.326 e. The lowest BCUT2D eigenvalue weighted by Gasteiger charge is -2.11. The number of hydrogen-bond donors (Lipinski definition) is 2. The second-order valence-corrected chi connectivity index (χ2v) is 5.70. The summed E-state index contributed by atoms with van der Waals surface area (Å²) in [6.45, 7) is 5.14. The van der Waals surface area contributed by atoms with Crippen molar-refractivity contribution in [3.8, 4) is 0 Å². The Balaban J connectivity index is 1.85. The van der Waals surface area contributed by atoms with Gasteiger partial charge in [0.15, 0.2) is 0 Å². The molecule has 0 bridgehead atoms. The van der Waals surface area contributed by atoms with Gasteiger partial charge in [0.05, 0.1) is 0 Å². The third-order valence-electron chi connectivity index (χ3n) is 3.66. The molecule has 1 amide bonds. The van der Waals surface area contributed by atoms with E-state index < -0.39 is 0 Å². The summed E-state index contributed by atoms with van der Waals surface area (Å²) in [7, 11) is 0. The maximum Gasteiger partial charge on any atom is 0.227 e. The van der Waals surface area contributed by atoms with Crippen molar-refractivity contribution < 1.29 is 4.79 Å². The molecule has 0 heterocycles. The normalized spacial score (nSPS) is 15.9. The van der Waals surface area contributed by atoms with Crippen molar-refractivity contribution in [3.05, 3.63) is 29.8 Å². The lowest BCUT2D eigenvalue weighted by Crippen LogP contribution is -2.22. The fourth-order valence-electron chi connectivity index (χ4n) is 2.46. The van der Waals surface area contributed by atoms with E-state index in [1.807, 2.05) is 12.1 Å². The maximum atomic E-state index is 12.0. The summed E-state index contributed by atoms with van der Waals surface area (Å²) in [5, 5.41) is 6.40. The molecule has 0 spiro atoms. The predicted octanol–water partition coefficient (Wildman–Crippen LogP) is 3.31. The molecule has 1 saturated carbocycles. The lowest BCUT2D eigenvalue weighted by atomic mass is 10.1. The molecule has 0 aliphatic heterocycles. The highest BCUT2D eigenvalue weighted by Crippen LogP contribution is 2.26. The Morgan fingerprint density at radius 2 is 1.84 bits per heavy atom. The first-order valence-electron chi connectivity index (χ1n) is 7.28. The highest BCUT2D eigenvalue weighted by Gasteiger charge is 2.22. The van der Waals surface area contributed by atoms with Gasteiger partial charge in [-0.1, -0.05) is 38.8 Å². The average Bonchev–Trinajstić information content (AvgIpc) is 2.92. The van der Waals surface area contributed by atoms with Gasteiger partial charge >= 0.3 is 0 Å². The van der Waals surface area contributed by atoms with Gasteiger partial charge < -0.3 is 10.6 Å². The molecule has 1 aliphatic rings. The van der Waals surface area contributed by atoms with Crippen LogP contribution in [0.3, 0.4) is 0 Å². The number of carbonyl (C=O) groups excluding carboxylic acids is 1. The molecule has 2 N–H and O–H groups in total. The molecule has 1 aromatic rings. The Kier molecular flexibility index (Phi) is 4.97. The fraction of sp³-hybridized carbons (Fsp3) is 0.562. The van der Waals surface area contributed by atoms with Crippen LogP contribution in [0, 0.1) is 5.92 Å². The van der Waals surface area contributed by atoms with E-state index in [0.29, 0.717) is 6.04 Å². The first-order chi connectivity index (χ1) is 9.15. The van der Waals surface area contributed by atoms with Crippen LogP contribution in [0.25, 0.3) is 0 Å². The summed E-state index contributed by atoms with van der Waals surface area (Å²) < 4.78 is 0. The van der Waals surface area contributed by atoms with Crippen molar-refractivity contribution in [1.82, 2.24) is 5.32 Å². The van der Waals surface area contributed by atoms with Gasteiger partial charge in [0.25, 0.3) is 0 Å². The second-order valence-electron chi connectivity index (χ2n) is 5.70. The summed E-state index contributed by atoms with van der Waals surface area (Å²) in [6.07, 6.45) is 4.47. The first kappa shape index (κ1) is 14.1. The number of benzene rings is 1. The van der Waals surface area contributed by atoms with Gasteiger partial charge in [0.2, 0.25) is 5.91 Å². The smallest absolute Gasteiger partial charge is 0.227 e. The van der Waals surface area contributed by atoms with Crippen LogP contribution in [-0.2, 0) is 11.3 Å². The Morgan fingerprint density at radius 3 is 2.42 bits per heavy atom. The second kappa shape index (κ2) is 6.71. The minimum atomic E-state index is 0.186. The van der Waals surface area contributed by atoms with Crippen LogP contribution in [0.15, 0.2) is 24.3 Å². The van der Waals surface area contributed by atoms with Crippen LogP contribution in [0.1, 0.15) is 45.1 Å². The zero-order valence-electron chi connectivity index (χ0n) is 11.9. The number of carbonyl (C=O) groups is 1. The van der Waals surface area contributed by atoms with Crippen LogP contribution >= 0.6 is 0 Å². The molecule has 3 nitrogen and oxygen atoms in total. The van der Waals surface area contributed by atoms with Crippen LogP contribution in [0.5, 0.6) is 0 Å². The molecule has 0 aromatic heterocycles. The SMILES string of the molecule is CC(C)NCc1ccc(NC(=O)C2CCCC2)cc1. The molecule has 0 unspecified atom stereocenters. The summed E-state index contributed by atoms with van der Waals surface area (Å²) >= 11 is 0. The monoisotopic (exact) mass is 260 g/mol. The minimum absolute atomic E-state index is 0.186. The molecule has 1 fully saturated rings. The zero-order chi connectivity index (χ0) is 13.7. The number of hydrogen-bond acceptors (Lipinski definition) is 2. The van der Waals surface area contributed by atoms with Crippen molar-refractivity contribution in [2.24, 2.45) is 5.92 Å². The van der Waals surface area contributed by atoms with Crippen molar-refractivity contribution >= 4 is 11.6 Å². The quantitative estimate of drug-likeness (QED) is 0.852. The third-order valence-corrected chi connectivity index (χ3v) is 3.66. The van der Waals surface area contributed by atoms with Crippen LogP contribution in [0.4, 0.5) is 5.69 Å². The van der Waals surface area contributed by atoms with E-state index in [2.05, 4.69) is 36.6 Å². The van der Waals surface area contributed by atoms with E-state index in [-0.39, 0.29) is 11.8 Å². The molecule has 1 aliphatic carbocycles. The first-order valence-corrected chi connectivity index (χ1v) is 7.28. The van der Waals surface area contributed by atoms with Gasteiger partial charge in [-0.25, -0.2) is 0 Å². The third kappa shape index (κ3) is 4.35. The molecule has 0 saturated heterocycles. The van der Waals surface area contributed by atoms with E-state index in [4.69, 9.17) is 0 Å². The summed E-state index contributed by atoms with van der Waals surface area (Å²) in [4.78, 5) is 12.0. The van der Waals surface area contributed by atoms with E-state index in [0.717, 1.165) is 25.1 Å². The largest absolute Gasteiger partial charge is 0.326 e. The van der Waals surface area contributed by atoms with E-state index in [1.165, 1.54) is 18.4 Å². The molecule has 2 rings (SSSR count). The molecule has 0 atom stereocenters. The summed E-state index contributed by atoms with van der Waals surface area (Å²) in [6, 6.07) is 8.61. The van der Waals surface area contributed by atoms with Crippen molar-refractivity contribution in [1.29, 1.82) is 0 Å². The highest BCUT2D eigenvalue weighted by molar-refractivity contribution is 5.92. The molecule has 3 heteroatoms. The van der Waals surface area contributed by atoms with Gasteiger partial charge in [0.1, 0.15) is 0 Å². The molecular formula is C16H24N2O. The number of amides is 1. The van der Waals surface area contributed by atoms with Gasteiger partial charge in [0, 0.05) is 24.2 Å². The number of rotatable bonds is 5. The molecular weight excluding hydrogens is 236 g/mol. The molecule has 1 aromatic carbocycles. The Labute approximate surface area is 115 Å². The molecule has 0 radical (unpaired) electrons. The zero-order valence-corrected chi connectivity index (χ0v) is 11.9. The van der Waals surface area contributed by atoms with E-state index >= 15 is 0 Å². The topological polar surface area (TPSA) is 41.1 Å². The Hall–Kier alpha value is -1.35. The van der Waals surface area contributed by atoms with Crippen molar-refractivity contribution in [3.63, 3.8) is 0 Å². The van der Waals surface area contributed by atoms with Gasteiger partial charge in [-0.05, 0) is 30.5 Å². The number of nitrogens with one attached hydrogen (secondary N) is 2. The van der Waals surface area contributed by atoms with Gasteiger partial charge in [-0.3, -0.25) is 4.79 Å². The predicted molar refractivity (Wildman–Crippen MR) is 79.0 cm³/mol. The van der Waals surface area contributed by atoms with E-state index in [1.54, 1.807) is 0 Å². The lowest BCUT2D eigenvalue weighted by molar-refractivity contribution is -0.119. The van der Waals surface area contributed by atoms with Crippen LogP contribution in [-0.4, -0.2) is 11.9 Å². The van der Waals surface area contributed by atoms with E-state index in [9.17, 15) is 4.79 Å². The van der Waals surface area contributed by atoms with Crippen LogP contribution < -0.4 is 10.6 Å². The maximum absolute atomic E-state index is 12.0. The summed E-state index contributed by atoms with van der Waals surface area (Å²) in [5.74, 6) is 0.410. The summed E-state index contributed by atoms with van der Waals surface area (Å²) in [5.41, 5.74) is 2.15. The van der Waals surface area contributed by atoms with Gasteiger partial charge in [-0.15, -0.1) is 0 Å². The van der Waals surface area contributed by atoms with Crippen LogP contribution in [0.2, 0.25) is 0 Å². The molecule has 104 valence electrons. The van der Waals surface area contributed by atoms with Crippen molar-refractivity contribution in [2.75, 3.05) is 5.32 Å². The highest BCUT2D eigenvalue weighted by atomic mass is 16.1.